The van der Waals surface area contributed by atoms with Crippen molar-refractivity contribution in [2.75, 3.05) is 32.8 Å². The Morgan fingerprint density at radius 3 is 2.46 bits per heavy atom. The molecular formula is C19H21NO6. The van der Waals surface area contributed by atoms with Gasteiger partial charge in [0.1, 0.15) is 22.8 Å². The molecular weight excluding hydrogens is 338 g/mol. The van der Waals surface area contributed by atoms with E-state index in [9.17, 15) is 9.59 Å². The largest absolute Gasteiger partial charge is 0.497 e. The first-order chi connectivity index (χ1) is 12.6. The Kier molecular flexibility index (Phi) is 6.84. The van der Waals surface area contributed by atoms with Gasteiger partial charge in [-0.2, -0.15) is 0 Å². The Bertz CT molecular complexity index is 774. The first-order valence-corrected chi connectivity index (χ1v) is 7.99. The number of ether oxygens (including phenoxy) is 4. The zero-order valence-corrected chi connectivity index (χ0v) is 14.9. The van der Waals surface area contributed by atoms with Crippen LogP contribution in [0.3, 0.4) is 0 Å². The first kappa shape index (κ1) is 19.1. The molecule has 26 heavy (non-hydrogen) atoms. The molecule has 0 aliphatic carbocycles. The summed E-state index contributed by atoms with van der Waals surface area (Å²) in [7, 11) is 2.77. The lowest BCUT2D eigenvalue weighted by Crippen LogP contribution is -2.21. The highest BCUT2D eigenvalue weighted by Crippen LogP contribution is 2.26. The third-order valence-electron chi connectivity index (χ3n) is 3.41. The Hall–Kier alpha value is -3.22. The van der Waals surface area contributed by atoms with Crippen LogP contribution < -0.4 is 19.5 Å². The Morgan fingerprint density at radius 2 is 1.77 bits per heavy atom. The normalized spacial score (nSPS) is 9.96. The number of hydrogen-bond acceptors (Lipinski definition) is 6. The van der Waals surface area contributed by atoms with E-state index in [2.05, 4.69) is 5.32 Å². The average molecular weight is 359 g/mol. The van der Waals surface area contributed by atoms with E-state index in [0.717, 1.165) is 0 Å². The second-order valence-corrected chi connectivity index (χ2v) is 5.12. The summed E-state index contributed by atoms with van der Waals surface area (Å²) in [6.07, 6.45) is 0. The van der Waals surface area contributed by atoms with Gasteiger partial charge in [-0.1, -0.05) is 12.1 Å². The molecule has 2 rings (SSSR count). The van der Waals surface area contributed by atoms with Gasteiger partial charge in [0, 0.05) is 6.07 Å². The molecule has 1 N–H and O–H groups in total. The fourth-order valence-electron chi connectivity index (χ4n) is 2.21. The number of carbonyl (C=O) groups is 2. The van der Waals surface area contributed by atoms with Crippen LogP contribution in [0.25, 0.3) is 0 Å². The highest BCUT2D eigenvalue weighted by molar-refractivity contribution is 5.94. The van der Waals surface area contributed by atoms with Gasteiger partial charge in [-0.05, 0) is 31.2 Å². The lowest BCUT2D eigenvalue weighted by Gasteiger charge is -2.13. The van der Waals surface area contributed by atoms with Crippen molar-refractivity contribution >= 4 is 17.6 Å². The number of esters is 1. The SMILES string of the molecule is CCOc1ccccc1NC(=O)COc1cc(OC)ccc1C(=O)OC. The van der Waals surface area contributed by atoms with Crippen LogP contribution >= 0.6 is 0 Å². The van der Waals surface area contributed by atoms with Gasteiger partial charge in [0.25, 0.3) is 5.91 Å². The van der Waals surface area contributed by atoms with Crippen molar-refractivity contribution in [1.29, 1.82) is 0 Å². The smallest absolute Gasteiger partial charge is 0.341 e. The van der Waals surface area contributed by atoms with E-state index in [-0.39, 0.29) is 17.9 Å². The molecule has 0 aromatic heterocycles. The first-order valence-electron chi connectivity index (χ1n) is 7.99. The fraction of sp³-hybridized carbons (Fsp3) is 0.263. The highest BCUT2D eigenvalue weighted by Gasteiger charge is 2.16. The van der Waals surface area contributed by atoms with Gasteiger partial charge in [0.05, 0.1) is 26.5 Å². The maximum Gasteiger partial charge on any atom is 0.341 e. The molecule has 0 saturated heterocycles. The van der Waals surface area contributed by atoms with E-state index in [1.165, 1.54) is 26.4 Å². The molecule has 0 fully saturated rings. The molecule has 138 valence electrons. The Labute approximate surface area is 151 Å². The van der Waals surface area contributed by atoms with Gasteiger partial charge in [-0.3, -0.25) is 4.79 Å². The van der Waals surface area contributed by atoms with Crippen LogP contribution in [-0.4, -0.2) is 39.3 Å². The quantitative estimate of drug-likeness (QED) is 0.730. The molecule has 1 amide bonds. The molecule has 0 spiro atoms. The Balaban J connectivity index is 2.08. The van der Waals surface area contributed by atoms with Crippen molar-refractivity contribution in [1.82, 2.24) is 0 Å². The van der Waals surface area contributed by atoms with Gasteiger partial charge < -0.3 is 24.3 Å². The average Bonchev–Trinajstić information content (AvgIpc) is 2.67. The maximum absolute atomic E-state index is 12.2. The molecule has 2 aromatic rings. The van der Waals surface area contributed by atoms with Gasteiger partial charge >= 0.3 is 5.97 Å². The minimum Gasteiger partial charge on any atom is -0.497 e. The van der Waals surface area contributed by atoms with Crippen molar-refractivity contribution < 1.29 is 28.5 Å². The van der Waals surface area contributed by atoms with Crippen LogP contribution in [0, 0.1) is 0 Å². The van der Waals surface area contributed by atoms with Crippen molar-refractivity contribution in [3.63, 3.8) is 0 Å². The van der Waals surface area contributed by atoms with Crippen LogP contribution in [0.4, 0.5) is 5.69 Å². The predicted octanol–water partition coefficient (Wildman–Crippen LogP) is 2.90. The highest BCUT2D eigenvalue weighted by atomic mass is 16.5. The lowest BCUT2D eigenvalue weighted by atomic mass is 10.2. The van der Waals surface area contributed by atoms with Crippen molar-refractivity contribution in [3.8, 4) is 17.2 Å². The Morgan fingerprint density at radius 1 is 1.00 bits per heavy atom. The number of amides is 1. The number of benzene rings is 2. The van der Waals surface area contributed by atoms with E-state index < -0.39 is 11.9 Å². The van der Waals surface area contributed by atoms with Crippen LogP contribution in [0.2, 0.25) is 0 Å². The van der Waals surface area contributed by atoms with Gasteiger partial charge in [-0.15, -0.1) is 0 Å². The molecule has 0 bridgehead atoms. The summed E-state index contributed by atoms with van der Waals surface area (Å²) < 4.78 is 20.8. The van der Waals surface area contributed by atoms with E-state index >= 15 is 0 Å². The molecule has 0 saturated carbocycles. The van der Waals surface area contributed by atoms with Gasteiger partial charge in [0.15, 0.2) is 6.61 Å². The third-order valence-corrected chi connectivity index (χ3v) is 3.41. The topological polar surface area (TPSA) is 83.1 Å². The number of para-hydroxylation sites is 2. The summed E-state index contributed by atoms with van der Waals surface area (Å²) in [5, 5.41) is 2.72. The minimum absolute atomic E-state index is 0.199. The minimum atomic E-state index is -0.565. The standard InChI is InChI=1S/C19H21NO6/c1-4-25-16-8-6-5-7-15(16)20-18(21)12-26-17-11-13(23-2)9-10-14(17)19(22)24-3/h5-11H,4,12H2,1-3H3,(H,20,21). The number of anilines is 1. The fourth-order valence-corrected chi connectivity index (χ4v) is 2.21. The van der Waals surface area contributed by atoms with Gasteiger partial charge in [0.2, 0.25) is 0 Å². The third kappa shape index (κ3) is 4.89. The van der Waals surface area contributed by atoms with Crippen LogP contribution in [0.1, 0.15) is 17.3 Å². The summed E-state index contributed by atoms with van der Waals surface area (Å²) >= 11 is 0. The van der Waals surface area contributed by atoms with Gasteiger partial charge in [-0.25, -0.2) is 4.79 Å². The molecule has 2 aromatic carbocycles. The second-order valence-electron chi connectivity index (χ2n) is 5.12. The number of hydrogen-bond donors (Lipinski definition) is 1. The molecule has 0 heterocycles. The summed E-state index contributed by atoms with van der Waals surface area (Å²) in [6, 6.07) is 11.7. The summed E-state index contributed by atoms with van der Waals surface area (Å²) in [5.41, 5.74) is 0.748. The molecule has 0 atom stereocenters. The van der Waals surface area contributed by atoms with E-state index in [4.69, 9.17) is 18.9 Å². The number of carbonyl (C=O) groups excluding carboxylic acids is 2. The summed E-state index contributed by atoms with van der Waals surface area (Å²) in [5.74, 6) is 0.305. The number of nitrogens with one attached hydrogen (secondary N) is 1. The molecule has 0 radical (unpaired) electrons. The van der Waals surface area contributed by atoms with Crippen LogP contribution in [0.15, 0.2) is 42.5 Å². The number of methoxy groups -OCH3 is 2. The zero-order valence-electron chi connectivity index (χ0n) is 14.9. The number of rotatable bonds is 8. The molecule has 7 nitrogen and oxygen atoms in total. The second kappa shape index (κ2) is 9.31. The predicted molar refractivity (Wildman–Crippen MR) is 96.1 cm³/mol. The summed E-state index contributed by atoms with van der Waals surface area (Å²) in [6.45, 7) is 2.05. The van der Waals surface area contributed by atoms with E-state index in [0.29, 0.717) is 23.8 Å². The van der Waals surface area contributed by atoms with Crippen molar-refractivity contribution in [3.05, 3.63) is 48.0 Å². The van der Waals surface area contributed by atoms with Crippen LogP contribution in [0.5, 0.6) is 17.2 Å². The molecule has 7 heteroatoms. The van der Waals surface area contributed by atoms with E-state index in [1.807, 2.05) is 13.0 Å². The summed E-state index contributed by atoms with van der Waals surface area (Å²) in [4.78, 5) is 24.0. The zero-order chi connectivity index (χ0) is 18.9. The monoisotopic (exact) mass is 359 g/mol. The molecule has 0 aliphatic heterocycles. The van der Waals surface area contributed by atoms with Crippen molar-refractivity contribution in [2.45, 2.75) is 6.92 Å². The van der Waals surface area contributed by atoms with Crippen LogP contribution in [-0.2, 0) is 9.53 Å². The molecule has 0 unspecified atom stereocenters. The lowest BCUT2D eigenvalue weighted by molar-refractivity contribution is -0.118. The molecule has 0 aliphatic rings. The van der Waals surface area contributed by atoms with E-state index in [1.54, 1.807) is 24.3 Å². The van der Waals surface area contributed by atoms with Crippen molar-refractivity contribution in [2.24, 2.45) is 0 Å². The maximum atomic E-state index is 12.2.